The Labute approximate surface area is 135 Å². The van der Waals surface area contributed by atoms with Gasteiger partial charge in [0.05, 0.1) is 6.54 Å². The van der Waals surface area contributed by atoms with Crippen molar-refractivity contribution < 1.29 is 14.3 Å². The molecule has 0 heterocycles. The maximum absolute atomic E-state index is 11.9. The molecule has 0 bridgehead atoms. The molecule has 116 valence electrons. The van der Waals surface area contributed by atoms with Crippen molar-refractivity contribution >= 4 is 17.5 Å². The first kappa shape index (κ1) is 16.2. The van der Waals surface area contributed by atoms with E-state index < -0.39 is 6.10 Å². The zero-order valence-electron chi connectivity index (χ0n) is 12.3. The van der Waals surface area contributed by atoms with Gasteiger partial charge in [0.2, 0.25) is 0 Å². The predicted octanol–water partition coefficient (Wildman–Crippen LogP) is 3.30. The summed E-state index contributed by atoms with van der Waals surface area (Å²) < 4.78 is 11.0. The molecular weight excluding hydrogens is 302 g/mol. The van der Waals surface area contributed by atoms with Crippen LogP contribution in [0.25, 0.3) is 0 Å². The Morgan fingerprint density at radius 2 is 1.77 bits per heavy atom. The highest BCUT2D eigenvalue weighted by atomic mass is 35.5. The summed E-state index contributed by atoms with van der Waals surface area (Å²) in [6, 6.07) is 16.3. The second kappa shape index (κ2) is 8.29. The molecule has 0 aliphatic heterocycles. The summed E-state index contributed by atoms with van der Waals surface area (Å²) >= 11 is 5.80. The van der Waals surface area contributed by atoms with Crippen LogP contribution in [0.4, 0.5) is 0 Å². The zero-order valence-corrected chi connectivity index (χ0v) is 13.0. The Morgan fingerprint density at radius 3 is 2.45 bits per heavy atom. The van der Waals surface area contributed by atoms with Crippen molar-refractivity contribution in [2.45, 2.75) is 13.0 Å². The number of carbonyl (C=O) groups is 1. The van der Waals surface area contributed by atoms with Gasteiger partial charge in [0.15, 0.2) is 6.10 Å². The van der Waals surface area contributed by atoms with Gasteiger partial charge >= 0.3 is 0 Å². The summed E-state index contributed by atoms with van der Waals surface area (Å²) in [6.07, 6.45) is -0.585. The van der Waals surface area contributed by atoms with E-state index in [2.05, 4.69) is 5.32 Å². The van der Waals surface area contributed by atoms with Gasteiger partial charge in [-0.05, 0) is 43.3 Å². The third-order valence-electron chi connectivity index (χ3n) is 2.91. The van der Waals surface area contributed by atoms with E-state index in [0.717, 1.165) is 5.75 Å². The molecule has 0 radical (unpaired) electrons. The Kier molecular flexibility index (Phi) is 6.10. The highest BCUT2D eigenvalue weighted by Crippen LogP contribution is 2.16. The number of nitrogens with one attached hydrogen (secondary N) is 1. The van der Waals surface area contributed by atoms with Crippen LogP contribution < -0.4 is 14.8 Å². The van der Waals surface area contributed by atoms with E-state index in [1.807, 2.05) is 30.3 Å². The molecule has 2 aromatic carbocycles. The Balaban J connectivity index is 1.69. The first-order valence-electron chi connectivity index (χ1n) is 7.03. The Bertz CT molecular complexity index is 587. The average Bonchev–Trinajstić information content (AvgIpc) is 2.54. The van der Waals surface area contributed by atoms with Gasteiger partial charge in [0.25, 0.3) is 5.91 Å². The minimum atomic E-state index is -0.585. The van der Waals surface area contributed by atoms with Crippen LogP contribution in [0.1, 0.15) is 6.92 Å². The van der Waals surface area contributed by atoms with Gasteiger partial charge in [-0.15, -0.1) is 0 Å². The molecule has 2 rings (SSSR count). The standard InChI is InChI=1S/C17H18ClNO3/c1-13(22-16-9-7-14(18)8-10-16)17(20)19-11-12-21-15-5-3-2-4-6-15/h2-10,13H,11-12H2,1H3,(H,19,20). The number of hydrogen-bond acceptors (Lipinski definition) is 3. The third-order valence-corrected chi connectivity index (χ3v) is 3.16. The molecule has 0 fully saturated rings. The van der Waals surface area contributed by atoms with Crippen LogP contribution in [0.2, 0.25) is 5.02 Å². The highest BCUT2D eigenvalue weighted by Gasteiger charge is 2.13. The molecule has 1 atom stereocenters. The van der Waals surface area contributed by atoms with Crippen molar-refractivity contribution in [3.8, 4) is 11.5 Å². The third kappa shape index (κ3) is 5.30. The van der Waals surface area contributed by atoms with Crippen molar-refractivity contribution in [1.82, 2.24) is 5.32 Å². The highest BCUT2D eigenvalue weighted by molar-refractivity contribution is 6.30. The van der Waals surface area contributed by atoms with Gasteiger partial charge in [-0.3, -0.25) is 4.79 Å². The lowest BCUT2D eigenvalue weighted by atomic mass is 10.3. The van der Waals surface area contributed by atoms with E-state index in [4.69, 9.17) is 21.1 Å². The van der Waals surface area contributed by atoms with Crippen LogP contribution in [0.3, 0.4) is 0 Å². The summed E-state index contributed by atoms with van der Waals surface area (Å²) in [4.78, 5) is 11.9. The fraction of sp³-hybridized carbons (Fsp3) is 0.235. The van der Waals surface area contributed by atoms with E-state index in [-0.39, 0.29) is 5.91 Å². The van der Waals surface area contributed by atoms with Gasteiger partial charge in [-0.2, -0.15) is 0 Å². The number of ether oxygens (including phenoxy) is 2. The minimum Gasteiger partial charge on any atom is -0.492 e. The molecule has 0 saturated heterocycles. The second-order valence-corrected chi connectivity index (χ2v) is 5.10. The predicted molar refractivity (Wildman–Crippen MR) is 86.5 cm³/mol. The molecule has 0 aliphatic rings. The number of para-hydroxylation sites is 1. The van der Waals surface area contributed by atoms with Crippen molar-refractivity contribution in [3.05, 3.63) is 59.6 Å². The van der Waals surface area contributed by atoms with Crippen molar-refractivity contribution in [2.24, 2.45) is 0 Å². The first-order chi connectivity index (χ1) is 10.6. The molecule has 1 unspecified atom stereocenters. The molecule has 0 aliphatic carbocycles. The topological polar surface area (TPSA) is 47.6 Å². The molecule has 0 spiro atoms. The summed E-state index contributed by atoms with van der Waals surface area (Å²) in [5, 5.41) is 3.40. The number of halogens is 1. The van der Waals surface area contributed by atoms with Gasteiger partial charge < -0.3 is 14.8 Å². The lowest BCUT2D eigenvalue weighted by Crippen LogP contribution is -2.38. The van der Waals surface area contributed by atoms with Crippen LogP contribution >= 0.6 is 11.6 Å². The van der Waals surface area contributed by atoms with Crippen LogP contribution in [0.5, 0.6) is 11.5 Å². The molecular formula is C17H18ClNO3. The SMILES string of the molecule is CC(Oc1ccc(Cl)cc1)C(=O)NCCOc1ccccc1. The number of rotatable bonds is 7. The zero-order chi connectivity index (χ0) is 15.8. The molecule has 1 N–H and O–H groups in total. The number of benzene rings is 2. The molecule has 1 amide bonds. The van der Waals surface area contributed by atoms with E-state index >= 15 is 0 Å². The van der Waals surface area contributed by atoms with Crippen LogP contribution in [0, 0.1) is 0 Å². The summed E-state index contributed by atoms with van der Waals surface area (Å²) in [6.45, 7) is 2.52. The lowest BCUT2D eigenvalue weighted by molar-refractivity contribution is -0.127. The normalized spacial score (nSPS) is 11.5. The molecule has 5 heteroatoms. The van der Waals surface area contributed by atoms with Crippen LogP contribution in [-0.2, 0) is 4.79 Å². The van der Waals surface area contributed by atoms with Gasteiger partial charge in [0.1, 0.15) is 18.1 Å². The van der Waals surface area contributed by atoms with Gasteiger partial charge in [-0.25, -0.2) is 0 Å². The molecule has 4 nitrogen and oxygen atoms in total. The molecule has 22 heavy (non-hydrogen) atoms. The number of hydrogen-bond donors (Lipinski definition) is 1. The van der Waals surface area contributed by atoms with Crippen molar-refractivity contribution in [3.63, 3.8) is 0 Å². The molecule has 0 aromatic heterocycles. The van der Waals surface area contributed by atoms with Gasteiger partial charge in [0, 0.05) is 5.02 Å². The van der Waals surface area contributed by atoms with Crippen molar-refractivity contribution in [1.29, 1.82) is 0 Å². The fourth-order valence-corrected chi connectivity index (χ4v) is 1.90. The van der Waals surface area contributed by atoms with Crippen molar-refractivity contribution in [2.75, 3.05) is 13.2 Å². The largest absolute Gasteiger partial charge is 0.492 e. The number of carbonyl (C=O) groups excluding carboxylic acids is 1. The first-order valence-corrected chi connectivity index (χ1v) is 7.41. The van der Waals surface area contributed by atoms with Gasteiger partial charge in [-0.1, -0.05) is 29.8 Å². The maximum Gasteiger partial charge on any atom is 0.260 e. The summed E-state index contributed by atoms with van der Waals surface area (Å²) in [5.74, 6) is 1.20. The fourth-order valence-electron chi connectivity index (χ4n) is 1.77. The second-order valence-electron chi connectivity index (χ2n) is 4.67. The monoisotopic (exact) mass is 319 g/mol. The smallest absolute Gasteiger partial charge is 0.260 e. The average molecular weight is 320 g/mol. The summed E-state index contributed by atoms with van der Waals surface area (Å²) in [7, 11) is 0. The number of amides is 1. The molecule has 2 aromatic rings. The van der Waals surface area contributed by atoms with E-state index in [0.29, 0.717) is 23.9 Å². The van der Waals surface area contributed by atoms with Crippen LogP contribution in [-0.4, -0.2) is 25.2 Å². The summed E-state index contributed by atoms with van der Waals surface area (Å²) in [5.41, 5.74) is 0. The maximum atomic E-state index is 11.9. The molecule has 0 saturated carbocycles. The Morgan fingerprint density at radius 1 is 1.09 bits per heavy atom. The minimum absolute atomic E-state index is 0.188. The van der Waals surface area contributed by atoms with E-state index in [9.17, 15) is 4.79 Å². The van der Waals surface area contributed by atoms with Crippen LogP contribution in [0.15, 0.2) is 54.6 Å². The van der Waals surface area contributed by atoms with E-state index in [1.54, 1.807) is 31.2 Å². The lowest BCUT2D eigenvalue weighted by Gasteiger charge is -2.15. The Hall–Kier alpha value is -2.20. The van der Waals surface area contributed by atoms with E-state index in [1.165, 1.54) is 0 Å². The quantitative estimate of drug-likeness (QED) is 0.797.